The zero-order valence-corrected chi connectivity index (χ0v) is 17.1. The van der Waals surface area contributed by atoms with Gasteiger partial charge >= 0.3 is 5.63 Å². The van der Waals surface area contributed by atoms with Crippen LogP contribution in [0.1, 0.15) is 37.7 Å². The topological polar surface area (TPSA) is 118 Å². The van der Waals surface area contributed by atoms with E-state index in [9.17, 15) is 19.5 Å². The fourth-order valence-corrected chi connectivity index (χ4v) is 3.86. The number of carbonyl (C=O) groups is 2. The average Bonchev–Trinajstić information content (AvgIpc) is 2.75. The third-order valence-electron chi connectivity index (χ3n) is 5.51. The van der Waals surface area contributed by atoms with Crippen molar-refractivity contribution in [1.29, 1.82) is 0 Å². The molecule has 8 heteroatoms. The van der Waals surface area contributed by atoms with Crippen LogP contribution in [0, 0.1) is 5.92 Å². The van der Waals surface area contributed by atoms with Crippen molar-refractivity contribution < 1.29 is 23.8 Å². The Morgan fingerprint density at radius 1 is 1.23 bits per heavy atom. The van der Waals surface area contributed by atoms with Crippen molar-refractivity contribution in [2.24, 2.45) is 5.92 Å². The third-order valence-corrected chi connectivity index (χ3v) is 5.51. The zero-order valence-electron chi connectivity index (χ0n) is 17.1. The number of benzene rings is 1. The lowest BCUT2D eigenvalue weighted by Crippen LogP contribution is -2.50. The van der Waals surface area contributed by atoms with Crippen molar-refractivity contribution in [3.05, 3.63) is 40.2 Å². The van der Waals surface area contributed by atoms with Gasteiger partial charge in [-0.05, 0) is 36.5 Å². The number of nitrogens with one attached hydrogen (secondary N) is 2. The third kappa shape index (κ3) is 5.60. The first-order chi connectivity index (χ1) is 14.5. The van der Waals surface area contributed by atoms with E-state index in [0.29, 0.717) is 34.7 Å². The van der Waals surface area contributed by atoms with Crippen LogP contribution in [0.25, 0.3) is 11.0 Å². The lowest BCUT2D eigenvalue weighted by molar-refractivity contribution is -0.129. The van der Waals surface area contributed by atoms with Gasteiger partial charge in [-0.3, -0.25) is 9.59 Å². The number of fused-ring (bicyclic) bond motifs is 1. The summed E-state index contributed by atoms with van der Waals surface area (Å²) in [4.78, 5) is 36.8. The maximum atomic E-state index is 12.5. The molecule has 8 nitrogen and oxygen atoms in total. The largest absolute Gasteiger partial charge is 0.497 e. The smallest absolute Gasteiger partial charge is 0.336 e. The molecule has 3 rings (SSSR count). The molecule has 1 atom stereocenters. The van der Waals surface area contributed by atoms with Gasteiger partial charge in [0.25, 0.3) is 0 Å². The second kappa shape index (κ2) is 10.2. The van der Waals surface area contributed by atoms with Gasteiger partial charge in [0.2, 0.25) is 11.8 Å². The highest BCUT2D eigenvalue weighted by molar-refractivity contribution is 5.91. The SMILES string of the molecule is COc1ccc2c(CC(=O)NC(CO)C(=O)NCC3CCCCC3)cc(=O)oc2c1. The molecule has 0 aliphatic heterocycles. The highest BCUT2D eigenvalue weighted by Crippen LogP contribution is 2.23. The number of rotatable bonds is 8. The number of methoxy groups -OCH3 is 1. The van der Waals surface area contributed by atoms with Crippen molar-refractivity contribution in [2.45, 2.75) is 44.6 Å². The Hall–Kier alpha value is -2.87. The van der Waals surface area contributed by atoms with Crippen molar-refractivity contribution >= 4 is 22.8 Å². The Kier molecular flexibility index (Phi) is 7.46. The molecule has 1 aliphatic carbocycles. The second-order valence-electron chi connectivity index (χ2n) is 7.68. The van der Waals surface area contributed by atoms with Gasteiger partial charge < -0.3 is 24.9 Å². The van der Waals surface area contributed by atoms with Crippen molar-refractivity contribution in [2.75, 3.05) is 20.3 Å². The maximum Gasteiger partial charge on any atom is 0.336 e. The summed E-state index contributed by atoms with van der Waals surface area (Å²) in [5.41, 5.74) is 0.205. The van der Waals surface area contributed by atoms with Crippen molar-refractivity contribution in [1.82, 2.24) is 10.6 Å². The number of amides is 2. The Morgan fingerprint density at radius 3 is 2.70 bits per heavy atom. The normalized spacial score (nSPS) is 15.5. The molecule has 1 unspecified atom stereocenters. The second-order valence-corrected chi connectivity index (χ2v) is 7.68. The number of ether oxygens (including phenoxy) is 1. The van der Waals surface area contributed by atoms with E-state index >= 15 is 0 Å². The van der Waals surface area contributed by atoms with Gasteiger partial charge in [-0.25, -0.2) is 4.79 Å². The van der Waals surface area contributed by atoms with Crippen LogP contribution in [-0.2, 0) is 16.0 Å². The number of aliphatic hydroxyl groups excluding tert-OH is 1. The molecular formula is C22H28N2O6. The Balaban J connectivity index is 1.63. The number of carbonyl (C=O) groups excluding carboxylic acids is 2. The van der Waals surface area contributed by atoms with Crippen LogP contribution in [0.3, 0.4) is 0 Å². The number of aliphatic hydroxyl groups is 1. The highest BCUT2D eigenvalue weighted by atomic mass is 16.5. The Labute approximate surface area is 174 Å². The number of hydrogen-bond acceptors (Lipinski definition) is 6. The van der Waals surface area contributed by atoms with Gasteiger partial charge in [-0.1, -0.05) is 19.3 Å². The predicted molar refractivity (Wildman–Crippen MR) is 111 cm³/mol. The van der Waals surface area contributed by atoms with E-state index in [0.717, 1.165) is 12.8 Å². The summed E-state index contributed by atoms with van der Waals surface area (Å²) >= 11 is 0. The standard InChI is InChI=1S/C22H28N2O6/c1-29-16-7-8-17-15(10-21(27)30-19(17)11-16)9-20(26)24-18(13-25)22(28)23-12-14-5-3-2-4-6-14/h7-8,10-11,14,18,25H,2-6,9,12-13H2,1H3,(H,23,28)(H,24,26). The van der Waals surface area contributed by atoms with Gasteiger partial charge in [-0.2, -0.15) is 0 Å². The van der Waals surface area contributed by atoms with Gasteiger partial charge in [0.05, 0.1) is 20.1 Å². The molecule has 0 radical (unpaired) electrons. The Morgan fingerprint density at radius 2 is 2.00 bits per heavy atom. The van der Waals surface area contributed by atoms with Crippen LogP contribution in [0.2, 0.25) is 0 Å². The van der Waals surface area contributed by atoms with Crippen LogP contribution in [-0.4, -0.2) is 43.2 Å². The molecule has 0 saturated heterocycles. The molecule has 0 spiro atoms. The fraction of sp³-hybridized carbons (Fsp3) is 0.500. The quantitative estimate of drug-likeness (QED) is 0.562. The first-order valence-corrected chi connectivity index (χ1v) is 10.3. The minimum atomic E-state index is -1.03. The summed E-state index contributed by atoms with van der Waals surface area (Å²) in [6, 6.07) is 5.21. The van der Waals surface area contributed by atoms with Crippen LogP contribution >= 0.6 is 0 Å². The van der Waals surface area contributed by atoms with Crippen molar-refractivity contribution in [3.63, 3.8) is 0 Å². The van der Waals surface area contributed by atoms with Crippen LogP contribution < -0.4 is 21.0 Å². The van der Waals surface area contributed by atoms with Gasteiger partial charge in [0.1, 0.15) is 17.4 Å². The molecule has 2 amide bonds. The van der Waals surface area contributed by atoms with E-state index in [1.807, 2.05) is 0 Å². The first-order valence-electron chi connectivity index (χ1n) is 10.3. The van der Waals surface area contributed by atoms with Crippen LogP contribution in [0.15, 0.2) is 33.5 Å². The molecule has 2 aromatic rings. The van der Waals surface area contributed by atoms with Gasteiger partial charge in [-0.15, -0.1) is 0 Å². The minimum absolute atomic E-state index is 0.124. The molecule has 162 valence electrons. The molecule has 30 heavy (non-hydrogen) atoms. The molecule has 1 aliphatic rings. The average molecular weight is 416 g/mol. The van der Waals surface area contributed by atoms with E-state index in [1.54, 1.807) is 18.2 Å². The molecule has 1 aromatic heterocycles. The fourth-order valence-electron chi connectivity index (χ4n) is 3.86. The molecule has 1 heterocycles. The first kappa shape index (κ1) is 21.8. The Bertz CT molecular complexity index is 948. The summed E-state index contributed by atoms with van der Waals surface area (Å²) in [6.07, 6.45) is 5.63. The molecule has 3 N–H and O–H groups in total. The van der Waals surface area contributed by atoms with Crippen LogP contribution in [0.5, 0.6) is 5.75 Å². The lowest BCUT2D eigenvalue weighted by atomic mass is 9.89. The van der Waals surface area contributed by atoms with E-state index in [1.165, 1.54) is 32.4 Å². The molecule has 1 fully saturated rings. The molecular weight excluding hydrogens is 388 g/mol. The number of hydrogen-bond donors (Lipinski definition) is 3. The summed E-state index contributed by atoms with van der Waals surface area (Å²) in [5, 5.41) is 15.6. The predicted octanol–water partition coefficient (Wildman–Crippen LogP) is 1.52. The lowest BCUT2D eigenvalue weighted by Gasteiger charge is -2.23. The van der Waals surface area contributed by atoms with Crippen molar-refractivity contribution in [3.8, 4) is 5.75 Å². The van der Waals surface area contributed by atoms with E-state index < -0.39 is 30.1 Å². The monoisotopic (exact) mass is 416 g/mol. The summed E-state index contributed by atoms with van der Waals surface area (Å²) in [6.45, 7) is 0.0501. The van der Waals surface area contributed by atoms with E-state index in [2.05, 4.69) is 10.6 Å². The van der Waals surface area contributed by atoms with Crippen LogP contribution in [0.4, 0.5) is 0 Å². The maximum absolute atomic E-state index is 12.5. The minimum Gasteiger partial charge on any atom is -0.497 e. The summed E-state index contributed by atoms with van der Waals surface area (Å²) < 4.78 is 10.3. The van der Waals surface area contributed by atoms with E-state index in [-0.39, 0.29) is 6.42 Å². The molecule has 0 bridgehead atoms. The summed E-state index contributed by atoms with van der Waals surface area (Å²) in [7, 11) is 1.50. The summed E-state index contributed by atoms with van der Waals surface area (Å²) in [5.74, 6) is 0.107. The zero-order chi connectivity index (χ0) is 21.5. The van der Waals surface area contributed by atoms with Gasteiger partial charge in [0, 0.05) is 24.1 Å². The van der Waals surface area contributed by atoms with E-state index in [4.69, 9.17) is 9.15 Å². The van der Waals surface area contributed by atoms with Gasteiger partial charge in [0.15, 0.2) is 0 Å². The molecule has 1 aromatic carbocycles. The molecule has 1 saturated carbocycles. The highest BCUT2D eigenvalue weighted by Gasteiger charge is 2.22.